The standard InChI is InChI=1S/C17H18O3/c1-17(11-2-12-18,13-3-7-15(19)8-4-13)14-5-9-16(20)10-6-14/h2-11,18-20H,12H2,1H3. The lowest BCUT2D eigenvalue weighted by atomic mass is 9.76. The van der Waals surface area contributed by atoms with Crippen LogP contribution in [0.5, 0.6) is 11.5 Å². The summed E-state index contributed by atoms with van der Waals surface area (Å²) in [5, 5.41) is 27.9. The Morgan fingerprint density at radius 3 is 1.60 bits per heavy atom. The Morgan fingerprint density at radius 2 is 1.25 bits per heavy atom. The Morgan fingerprint density at radius 1 is 0.850 bits per heavy atom. The van der Waals surface area contributed by atoms with Gasteiger partial charge in [-0.15, -0.1) is 0 Å². The van der Waals surface area contributed by atoms with Gasteiger partial charge in [0.15, 0.2) is 0 Å². The van der Waals surface area contributed by atoms with Gasteiger partial charge in [0.1, 0.15) is 11.5 Å². The number of benzene rings is 2. The summed E-state index contributed by atoms with van der Waals surface area (Å²) in [6.45, 7) is 1.99. The van der Waals surface area contributed by atoms with Gasteiger partial charge in [0.2, 0.25) is 0 Å². The van der Waals surface area contributed by atoms with E-state index >= 15 is 0 Å². The molecule has 20 heavy (non-hydrogen) atoms. The first-order valence-corrected chi connectivity index (χ1v) is 6.44. The summed E-state index contributed by atoms with van der Waals surface area (Å²) in [7, 11) is 0. The second-order valence-corrected chi connectivity index (χ2v) is 4.88. The first kappa shape index (κ1) is 14.2. The number of phenolic OH excluding ortho intramolecular Hbond substituents is 2. The fourth-order valence-corrected chi connectivity index (χ4v) is 2.26. The predicted molar refractivity (Wildman–Crippen MR) is 78.9 cm³/mol. The first-order chi connectivity index (χ1) is 9.56. The van der Waals surface area contributed by atoms with Gasteiger partial charge in [-0.25, -0.2) is 0 Å². The van der Waals surface area contributed by atoms with Gasteiger partial charge < -0.3 is 15.3 Å². The first-order valence-electron chi connectivity index (χ1n) is 6.44. The minimum absolute atomic E-state index is 0.0360. The summed E-state index contributed by atoms with van der Waals surface area (Å²) in [5.41, 5.74) is 1.54. The van der Waals surface area contributed by atoms with Gasteiger partial charge >= 0.3 is 0 Å². The fourth-order valence-electron chi connectivity index (χ4n) is 2.26. The Labute approximate surface area is 118 Å². The molecule has 2 aromatic carbocycles. The highest BCUT2D eigenvalue weighted by atomic mass is 16.3. The van der Waals surface area contributed by atoms with Crippen LogP contribution in [0.15, 0.2) is 60.7 Å². The Hall–Kier alpha value is -2.26. The molecule has 2 aromatic rings. The van der Waals surface area contributed by atoms with Crippen molar-refractivity contribution in [2.24, 2.45) is 0 Å². The lowest BCUT2D eigenvalue weighted by Crippen LogP contribution is -2.20. The number of hydrogen-bond donors (Lipinski definition) is 3. The van der Waals surface area contributed by atoms with E-state index in [1.165, 1.54) is 0 Å². The van der Waals surface area contributed by atoms with Crippen molar-refractivity contribution in [1.29, 1.82) is 0 Å². The molecule has 0 amide bonds. The quantitative estimate of drug-likeness (QED) is 0.749. The lowest BCUT2D eigenvalue weighted by molar-refractivity contribution is 0.341. The van der Waals surface area contributed by atoms with Crippen molar-refractivity contribution in [2.75, 3.05) is 6.61 Å². The van der Waals surface area contributed by atoms with Gasteiger partial charge in [0.05, 0.1) is 6.61 Å². The normalized spacial score (nSPS) is 11.9. The van der Waals surface area contributed by atoms with Gasteiger partial charge in [-0.1, -0.05) is 36.4 Å². The third kappa shape index (κ3) is 2.83. The minimum Gasteiger partial charge on any atom is -0.508 e. The second kappa shape index (κ2) is 5.80. The van der Waals surface area contributed by atoms with Crippen LogP contribution >= 0.6 is 0 Å². The van der Waals surface area contributed by atoms with Crippen LogP contribution in [0.1, 0.15) is 18.1 Å². The van der Waals surface area contributed by atoms with E-state index in [2.05, 4.69) is 0 Å². The van der Waals surface area contributed by atoms with E-state index in [9.17, 15) is 10.2 Å². The molecule has 0 fully saturated rings. The van der Waals surface area contributed by atoms with Gasteiger partial charge in [0.25, 0.3) is 0 Å². The molecule has 0 aliphatic heterocycles. The van der Waals surface area contributed by atoms with E-state index in [0.29, 0.717) is 0 Å². The topological polar surface area (TPSA) is 60.7 Å². The van der Waals surface area contributed by atoms with E-state index in [1.807, 2.05) is 37.3 Å². The van der Waals surface area contributed by atoms with Crippen molar-refractivity contribution in [3.8, 4) is 11.5 Å². The molecule has 3 heteroatoms. The largest absolute Gasteiger partial charge is 0.508 e. The maximum absolute atomic E-state index is 9.41. The number of aliphatic hydroxyl groups excluding tert-OH is 1. The third-order valence-corrected chi connectivity index (χ3v) is 3.49. The molecule has 0 aliphatic rings. The molecule has 0 aromatic heterocycles. The van der Waals surface area contributed by atoms with Crippen LogP contribution in [0.2, 0.25) is 0 Å². The monoisotopic (exact) mass is 270 g/mol. The molecule has 0 spiro atoms. The molecular formula is C17H18O3. The number of aliphatic hydroxyl groups is 1. The lowest BCUT2D eigenvalue weighted by Gasteiger charge is -2.27. The summed E-state index contributed by atoms with van der Waals surface area (Å²) >= 11 is 0. The summed E-state index contributed by atoms with van der Waals surface area (Å²) in [5.74, 6) is 0.431. The van der Waals surface area contributed by atoms with Gasteiger partial charge in [-0.2, -0.15) is 0 Å². The van der Waals surface area contributed by atoms with Crippen molar-refractivity contribution in [3.05, 3.63) is 71.8 Å². The summed E-state index contributed by atoms with van der Waals surface area (Å²) < 4.78 is 0. The van der Waals surface area contributed by atoms with Crippen LogP contribution in [0.3, 0.4) is 0 Å². The molecule has 0 aliphatic carbocycles. The van der Waals surface area contributed by atoms with Crippen molar-refractivity contribution in [1.82, 2.24) is 0 Å². The summed E-state index contributed by atoms with van der Waals surface area (Å²) in [6, 6.07) is 14.0. The highest BCUT2D eigenvalue weighted by Crippen LogP contribution is 2.35. The minimum atomic E-state index is -0.440. The predicted octanol–water partition coefficient (Wildman–Crippen LogP) is 2.95. The molecule has 104 valence electrons. The molecule has 3 nitrogen and oxygen atoms in total. The molecule has 0 heterocycles. The van der Waals surface area contributed by atoms with Gasteiger partial charge in [-0.05, 0) is 42.3 Å². The highest BCUT2D eigenvalue weighted by molar-refractivity contribution is 5.46. The Kier molecular flexibility index (Phi) is 4.11. The SMILES string of the molecule is CC(C=CCO)(c1ccc(O)cc1)c1ccc(O)cc1. The zero-order chi connectivity index (χ0) is 14.6. The van der Waals surface area contributed by atoms with E-state index in [-0.39, 0.29) is 18.1 Å². The third-order valence-electron chi connectivity index (χ3n) is 3.49. The van der Waals surface area contributed by atoms with Crippen LogP contribution in [0.25, 0.3) is 0 Å². The maximum atomic E-state index is 9.41. The molecular weight excluding hydrogens is 252 g/mol. The van der Waals surface area contributed by atoms with E-state index in [4.69, 9.17) is 5.11 Å². The average Bonchev–Trinajstić information content (AvgIpc) is 2.46. The molecule has 2 rings (SSSR count). The Balaban J connectivity index is 2.52. The van der Waals surface area contributed by atoms with Crippen molar-refractivity contribution < 1.29 is 15.3 Å². The molecule has 0 atom stereocenters. The number of aromatic hydroxyl groups is 2. The molecule has 0 unspecified atom stereocenters. The highest BCUT2D eigenvalue weighted by Gasteiger charge is 2.25. The smallest absolute Gasteiger partial charge is 0.115 e. The molecule has 0 bridgehead atoms. The van der Waals surface area contributed by atoms with Crippen LogP contribution in [-0.2, 0) is 5.41 Å². The van der Waals surface area contributed by atoms with Crippen molar-refractivity contribution in [2.45, 2.75) is 12.3 Å². The summed E-state index contributed by atoms with van der Waals surface area (Å²) in [6.07, 6.45) is 3.62. The van der Waals surface area contributed by atoms with Gasteiger partial charge in [-0.3, -0.25) is 0 Å². The number of rotatable bonds is 4. The van der Waals surface area contributed by atoms with Crippen LogP contribution < -0.4 is 0 Å². The Bertz CT molecular complexity index is 537. The molecule has 3 N–H and O–H groups in total. The fraction of sp³-hybridized carbons (Fsp3) is 0.176. The van der Waals surface area contributed by atoms with Crippen LogP contribution in [0, 0.1) is 0 Å². The maximum Gasteiger partial charge on any atom is 0.115 e. The second-order valence-electron chi connectivity index (χ2n) is 4.88. The van der Waals surface area contributed by atoms with E-state index in [0.717, 1.165) is 11.1 Å². The molecule has 0 saturated heterocycles. The average molecular weight is 270 g/mol. The van der Waals surface area contributed by atoms with Crippen LogP contribution in [0.4, 0.5) is 0 Å². The number of allylic oxidation sites excluding steroid dienone is 1. The van der Waals surface area contributed by atoms with Crippen LogP contribution in [-0.4, -0.2) is 21.9 Å². The molecule has 0 radical (unpaired) electrons. The zero-order valence-electron chi connectivity index (χ0n) is 11.3. The molecule has 0 saturated carbocycles. The zero-order valence-corrected chi connectivity index (χ0v) is 11.3. The van der Waals surface area contributed by atoms with E-state index < -0.39 is 5.41 Å². The number of hydrogen-bond acceptors (Lipinski definition) is 3. The summed E-state index contributed by atoms with van der Waals surface area (Å²) in [4.78, 5) is 0. The van der Waals surface area contributed by atoms with Gasteiger partial charge in [0, 0.05) is 5.41 Å². The number of phenols is 2. The van der Waals surface area contributed by atoms with Crippen molar-refractivity contribution in [3.63, 3.8) is 0 Å². The van der Waals surface area contributed by atoms with E-state index in [1.54, 1.807) is 30.3 Å². The van der Waals surface area contributed by atoms with Crippen molar-refractivity contribution >= 4 is 0 Å².